The summed E-state index contributed by atoms with van der Waals surface area (Å²) in [6.45, 7) is 0.834. The van der Waals surface area contributed by atoms with Crippen LogP contribution in [0.2, 0.25) is 0 Å². The second kappa shape index (κ2) is 8.65. The van der Waals surface area contributed by atoms with Gasteiger partial charge in [-0.1, -0.05) is 58.4 Å². The summed E-state index contributed by atoms with van der Waals surface area (Å²) in [4.78, 5) is 13.5. The van der Waals surface area contributed by atoms with Crippen LogP contribution in [0.4, 0.5) is 0 Å². The second-order valence-electron chi connectivity index (χ2n) is 5.77. The SMILES string of the molecule is C[NH+](C)C[C@@H](NC(=O)/C=C/c1cccc(Br)c1)c1ccccc1. The number of rotatable bonds is 6. The summed E-state index contributed by atoms with van der Waals surface area (Å²) in [5.74, 6) is -0.0833. The predicted molar refractivity (Wildman–Crippen MR) is 98.2 cm³/mol. The third-order valence-corrected chi connectivity index (χ3v) is 3.90. The quantitative estimate of drug-likeness (QED) is 0.749. The topological polar surface area (TPSA) is 33.5 Å². The van der Waals surface area contributed by atoms with Crippen LogP contribution in [-0.4, -0.2) is 26.5 Å². The van der Waals surface area contributed by atoms with E-state index in [4.69, 9.17) is 0 Å². The first-order valence-corrected chi connectivity index (χ1v) is 8.42. The molecule has 2 aromatic carbocycles. The van der Waals surface area contributed by atoms with E-state index >= 15 is 0 Å². The van der Waals surface area contributed by atoms with Crippen LogP contribution in [0.3, 0.4) is 0 Å². The summed E-state index contributed by atoms with van der Waals surface area (Å²) < 4.78 is 0.999. The first kappa shape index (κ1) is 17.4. The summed E-state index contributed by atoms with van der Waals surface area (Å²) >= 11 is 3.43. The van der Waals surface area contributed by atoms with Gasteiger partial charge in [0.1, 0.15) is 12.6 Å². The van der Waals surface area contributed by atoms with E-state index < -0.39 is 0 Å². The zero-order chi connectivity index (χ0) is 16.7. The van der Waals surface area contributed by atoms with Gasteiger partial charge >= 0.3 is 0 Å². The maximum Gasteiger partial charge on any atom is 0.244 e. The molecule has 0 aliphatic carbocycles. The lowest BCUT2D eigenvalue weighted by molar-refractivity contribution is -0.860. The van der Waals surface area contributed by atoms with E-state index in [-0.39, 0.29) is 11.9 Å². The maximum absolute atomic E-state index is 12.2. The molecule has 0 saturated carbocycles. The normalized spacial score (nSPS) is 12.5. The number of amides is 1. The Balaban J connectivity index is 2.05. The van der Waals surface area contributed by atoms with Crippen molar-refractivity contribution >= 4 is 27.9 Å². The van der Waals surface area contributed by atoms with Crippen LogP contribution < -0.4 is 10.2 Å². The fourth-order valence-corrected chi connectivity index (χ4v) is 2.76. The van der Waals surface area contributed by atoms with Gasteiger partial charge in [-0.2, -0.15) is 0 Å². The molecule has 23 heavy (non-hydrogen) atoms. The van der Waals surface area contributed by atoms with Crippen molar-refractivity contribution in [3.63, 3.8) is 0 Å². The van der Waals surface area contributed by atoms with Gasteiger partial charge in [0.2, 0.25) is 5.91 Å². The number of hydrogen-bond acceptors (Lipinski definition) is 1. The van der Waals surface area contributed by atoms with E-state index in [2.05, 4.69) is 35.3 Å². The fraction of sp³-hybridized carbons (Fsp3) is 0.211. The minimum absolute atomic E-state index is 0.000796. The zero-order valence-corrected chi connectivity index (χ0v) is 15.0. The van der Waals surface area contributed by atoms with Crippen LogP contribution in [0.25, 0.3) is 6.08 Å². The monoisotopic (exact) mass is 373 g/mol. The third kappa shape index (κ3) is 6.00. The van der Waals surface area contributed by atoms with Gasteiger partial charge < -0.3 is 10.2 Å². The molecule has 0 aromatic heterocycles. The van der Waals surface area contributed by atoms with Gasteiger partial charge in [0.05, 0.1) is 14.1 Å². The molecule has 1 amide bonds. The number of nitrogens with one attached hydrogen (secondary N) is 2. The van der Waals surface area contributed by atoms with Gasteiger partial charge in [-0.3, -0.25) is 4.79 Å². The van der Waals surface area contributed by atoms with Crippen molar-refractivity contribution in [3.05, 3.63) is 76.3 Å². The lowest BCUT2D eigenvalue weighted by Crippen LogP contribution is -3.06. The van der Waals surface area contributed by atoms with Gasteiger partial charge in [-0.25, -0.2) is 0 Å². The van der Waals surface area contributed by atoms with Crippen molar-refractivity contribution in [2.75, 3.05) is 20.6 Å². The molecule has 0 fully saturated rings. The highest BCUT2D eigenvalue weighted by atomic mass is 79.9. The molecule has 4 heteroatoms. The fourth-order valence-electron chi connectivity index (χ4n) is 2.35. The Labute approximate surface area is 146 Å². The largest absolute Gasteiger partial charge is 0.340 e. The Kier molecular flexibility index (Phi) is 6.56. The van der Waals surface area contributed by atoms with Crippen LogP contribution in [-0.2, 0) is 4.79 Å². The molecule has 0 radical (unpaired) electrons. The smallest absolute Gasteiger partial charge is 0.244 e. The molecule has 1 atom stereocenters. The maximum atomic E-state index is 12.2. The van der Waals surface area contributed by atoms with Crippen LogP contribution in [0.1, 0.15) is 17.2 Å². The minimum Gasteiger partial charge on any atom is -0.340 e. The number of halogens is 1. The summed E-state index contributed by atoms with van der Waals surface area (Å²) in [6.07, 6.45) is 3.41. The molecule has 0 bridgehead atoms. The van der Waals surface area contributed by atoms with Crippen LogP contribution in [0.5, 0.6) is 0 Å². The Morgan fingerprint density at radius 1 is 1.17 bits per heavy atom. The van der Waals surface area contributed by atoms with Gasteiger partial charge in [0.25, 0.3) is 0 Å². The highest BCUT2D eigenvalue weighted by Gasteiger charge is 2.16. The lowest BCUT2D eigenvalue weighted by Gasteiger charge is -2.20. The Hall–Kier alpha value is -1.91. The number of benzene rings is 2. The van der Waals surface area contributed by atoms with Gasteiger partial charge in [0.15, 0.2) is 0 Å². The number of quaternary nitrogens is 1. The molecular weight excluding hydrogens is 352 g/mol. The molecule has 0 unspecified atom stereocenters. The number of hydrogen-bond donors (Lipinski definition) is 2. The minimum atomic E-state index is -0.0833. The van der Waals surface area contributed by atoms with Gasteiger partial charge in [0, 0.05) is 10.5 Å². The van der Waals surface area contributed by atoms with E-state index in [1.54, 1.807) is 6.08 Å². The van der Waals surface area contributed by atoms with Crippen LogP contribution in [0, 0.1) is 0 Å². The molecule has 0 heterocycles. The average molecular weight is 374 g/mol. The highest BCUT2D eigenvalue weighted by Crippen LogP contribution is 2.13. The molecule has 120 valence electrons. The van der Waals surface area contributed by atoms with Crippen molar-refractivity contribution in [1.82, 2.24) is 5.32 Å². The van der Waals surface area contributed by atoms with E-state index in [1.165, 1.54) is 4.90 Å². The van der Waals surface area contributed by atoms with Crippen molar-refractivity contribution in [3.8, 4) is 0 Å². The van der Waals surface area contributed by atoms with Crippen molar-refractivity contribution in [2.45, 2.75) is 6.04 Å². The Morgan fingerprint density at radius 3 is 2.57 bits per heavy atom. The summed E-state index contributed by atoms with van der Waals surface area (Å²) in [6, 6.07) is 17.9. The first-order valence-electron chi connectivity index (χ1n) is 7.62. The summed E-state index contributed by atoms with van der Waals surface area (Å²) in [5, 5.41) is 3.09. The molecule has 0 saturated heterocycles. The van der Waals surface area contributed by atoms with Crippen molar-refractivity contribution in [1.29, 1.82) is 0 Å². The van der Waals surface area contributed by atoms with Crippen molar-refractivity contribution < 1.29 is 9.69 Å². The standard InChI is InChI=1S/C19H21BrN2O/c1-22(2)14-18(16-8-4-3-5-9-16)21-19(23)12-11-15-7-6-10-17(20)13-15/h3-13,18H,14H2,1-2H3,(H,21,23)/p+1/b12-11+/t18-/m1/s1. The molecular formula is C19H22BrN2O+. The molecule has 3 nitrogen and oxygen atoms in total. The molecule has 0 spiro atoms. The van der Waals surface area contributed by atoms with Crippen LogP contribution >= 0.6 is 15.9 Å². The zero-order valence-electron chi connectivity index (χ0n) is 13.4. The van der Waals surface area contributed by atoms with E-state index in [9.17, 15) is 4.79 Å². The molecule has 2 aromatic rings. The summed E-state index contributed by atoms with van der Waals surface area (Å²) in [7, 11) is 4.17. The number of carbonyl (C=O) groups is 1. The highest BCUT2D eigenvalue weighted by molar-refractivity contribution is 9.10. The average Bonchev–Trinajstić information content (AvgIpc) is 2.53. The first-order chi connectivity index (χ1) is 11.0. The lowest BCUT2D eigenvalue weighted by atomic mass is 10.1. The molecule has 0 aliphatic rings. The van der Waals surface area contributed by atoms with Gasteiger partial charge in [-0.05, 0) is 29.3 Å². The van der Waals surface area contributed by atoms with E-state index in [1.807, 2.05) is 60.7 Å². The Morgan fingerprint density at radius 2 is 1.91 bits per heavy atom. The van der Waals surface area contributed by atoms with E-state index in [0.29, 0.717) is 0 Å². The van der Waals surface area contributed by atoms with Gasteiger partial charge in [-0.15, -0.1) is 0 Å². The third-order valence-electron chi connectivity index (χ3n) is 3.41. The molecule has 2 rings (SSSR count). The summed E-state index contributed by atoms with van der Waals surface area (Å²) in [5.41, 5.74) is 2.11. The Bertz CT molecular complexity index is 668. The second-order valence-corrected chi connectivity index (χ2v) is 6.69. The molecule has 0 aliphatic heterocycles. The number of carbonyl (C=O) groups excluding carboxylic acids is 1. The molecule has 2 N–H and O–H groups in total. The predicted octanol–water partition coefficient (Wildman–Crippen LogP) is 2.46. The number of likely N-dealkylation sites (N-methyl/N-ethyl adjacent to an activating group) is 1. The van der Waals surface area contributed by atoms with E-state index in [0.717, 1.165) is 22.1 Å². The van der Waals surface area contributed by atoms with Crippen molar-refractivity contribution in [2.24, 2.45) is 0 Å². The van der Waals surface area contributed by atoms with Crippen LogP contribution in [0.15, 0.2) is 65.1 Å².